The molecule has 1 aromatic heterocycles. The van der Waals surface area contributed by atoms with Gasteiger partial charge in [-0.1, -0.05) is 12.1 Å². The minimum atomic E-state index is -0.0912. The van der Waals surface area contributed by atoms with Gasteiger partial charge < -0.3 is 10.1 Å². The summed E-state index contributed by atoms with van der Waals surface area (Å²) in [6.07, 6.45) is 3.10. The van der Waals surface area contributed by atoms with E-state index in [9.17, 15) is 0 Å². The minimum absolute atomic E-state index is 0.0912. The first kappa shape index (κ1) is 14.1. The fourth-order valence-electron chi connectivity index (χ4n) is 1.37. The molecule has 17 heavy (non-hydrogen) atoms. The van der Waals surface area contributed by atoms with Gasteiger partial charge in [-0.25, -0.2) is 4.68 Å². The van der Waals surface area contributed by atoms with Crippen LogP contribution in [0.4, 0.5) is 0 Å². The molecule has 0 aliphatic carbocycles. The number of ether oxygens (including phenoxy) is 1. The topological polar surface area (TPSA) is 52.0 Å². The third-order valence-corrected chi connectivity index (χ3v) is 2.17. The standard InChI is InChI=1S/C12H24N4O/c1-5-6-13-9-11-10-16(15-14-11)7-8-17-12(2,3)4/h10,13H,5-9H2,1-4H3. The van der Waals surface area contributed by atoms with Crippen molar-refractivity contribution in [3.63, 3.8) is 0 Å². The summed E-state index contributed by atoms with van der Waals surface area (Å²) in [4.78, 5) is 0. The molecule has 1 heterocycles. The second-order valence-corrected chi connectivity index (χ2v) is 5.11. The zero-order chi connectivity index (χ0) is 12.7. The lowest BCUT2D eigenvalue weighted by Gasteiger charge is -2.19. The molecule has 5 nitrogen and oxygen atoms in total. The molecule has 0 atom stereocenters. The lowest BCUT2D eigenvalue weighted by Crippen LogP contribution is -2.22. The van der Waals surface area contributed by atoms with Gasteiger partial charge in [-0.05, 0) is 33.7 Å². The van der Waals surface area contributed by atoms with Crippen LogP contribution in [0, 0.1) is 0 Å². The second-order valence-electron chi connectivity index (χ2n) is 5.11. The van der Waals surface area contributed by atoms with Gasteiger partial charge in [0.2, 0.25) is 0 Å². The molecule has 0 amide bonds. The number of nitrogens with zero attached hydrogens (tertiary/aromatic N) is 3. The van der Waals surface area contributed by atoms with Crippen molar-refractivity contribution < 1.29 is 4.74 Å². The maximum Gasteiger partial charge on any atom is 0.0964 e. The molecule has 1 N–H and O–H groups in total. The summed E-state index contributed by atoms with van der Waals surface area (Å²) < 4.78 is 7.46. The van der Waals surface area contributed by atoms with Crippen molar-refractivity contribution in [2.24, 2.45) is 0 Å². The minimum Gasteiger partial charge on any atom is -0.374 e. The third-order valence-electron chi connectivity index (χ3n) is 2.17. The molecule has 0 aliphatic rings. The Labute approximate surface area is 104 Å². The molecule has 0 saturated carbocycles. The predicted molar refractivity (Wildman–Crippen MR) is 67.7 cm³/mol. The van der Waals surface area contributed by atoms with Crippen molar-refractivity contribution in [1.29, 1.82) is 0 Å². The van der Waals surface area contributed by atoms with Gasteiger partial charge >= 0.3 is 0 Å². The summed E-state index contributed by atoms with van der Waals surface area (Å²) in [6.45, 7) is 11.5. The average molecular weight is 240 g/mol. The number of aromatic nitrogens is 3. The fraction of sp³-hybridized carbons (Fsp3) is 0.833. The van der Waals surface area contributed by atoms with Crippen LogP contribution < -0.4 is 5.32 Å². The van der Waals surface area contributed by atoms with E-state index in [-0.39, 0.29) is 5.60 Å². The Morgan fingerprint density at radius 2 is 2.18 bits per heavy atom. The molecule has 0 spiro atoms. The Morgan fingerprint density at radius 3 is 2.82 bits per heavy atom. The first-order valence-corrected chi connectivity index (χ1v) is 6.25. The Morgan fingerprint density at radius 1 is 1.41 bits per heavy atom. The van der Waals surface area contributed by atoms with Gasteiger partial charge in [-0.2, -0.15) is 0 Å². The zero-order valence-electron chi connectivity index (χ0n) is 11.4. The molecule has 0 aromatic carbocycles. The van der Waals surface area contributed by atoms with Gasteiger partial charge in [0.25, 0.3) is 0 Å². The lowest BCUT2D eigenvalue weighted by atomic mass is 10.2. The first-order valence-electron chi connectivity index (χ1n) is 6.25. The molecule has 5 heteroatoms. The van der Waals surface area contributed by atoms with Crippen LogP contribution in [0.25, 0.3) is 0 Å². The molecule has 1 aromatic rings. The van der Waals surface area contributed by atoms with Gasteiger partial charge in [0.05, 0.1) is 24.4 Å². The molecular weight excluding hydrogens is 216 g/mol. The molecule has 0 fully saturated rings. The highest BCUT2D eigenvalue weighted by Gasteiger charge is 2.09. The van der Waals surface area contributed by atoms with E-state index in [2.05, 4.69) is 43.3 Å². The van der Waals surface area contributed by atoms with Crippen molar-refractivity contribution in [2.75, 3.05) is 13.2 Å². The highest BCUT2D eigenvalue weighted by Crippen LogP contribution is 2.06. The summed E-state index contributed by atoms with van der Waals surface area (Å²) in [7, 11) is 0. The fourth-order valence-corrected chi connectivity index (χ4v) is 1.37. The van der Waals surface area contributed by atoms with Crippen LogP contribution in [-0.4, -0.2) is 33.7 Å². The lowest BCUT2D eigenvalue weighted by molar-refractivity contribution is -0.00805. The number of rotatable bonds is 7. The van der Waals surface area contributed by atoms with Gasteiger partial charge in [-0.15, -0.1) is 5.10 Å². The molecule has 0 bridgehead atoms. The van der Waals surface area contributed by atoms with Crippen LogP contribution in [0.3, 0.4) is 0 Å². The molecule has 0 unspecified atom stereocenters. The normalized spacial score (nSPS) is 12.0. The van der Waals surface area contributed by atoms with E-state index >= 15 is 0 Å². The van der Waals surface area contributed by atoms with Crippen LogP contribution in [0.2, 0.25) is 0 Å². The summed E-state index contributed by atoms with van der Waals surface area (Å²) in [5, 5.41) is 11.5. The average Bonchev–Trinajstić information content (AvgIpc) is 2.64. The van der Waals surface area contributed by atoms with Crippen molar-refractivity contribution in [3.05, 3.63) is 11.9 Å². The maximum absolute atomic E-state index is 5.64. The number of nitrogens with one attached hydrogen (secondary N) is 1. The second kappa shape index (κ2) is 6.71. The Balaban J connectivity index is 2.26. The Bertz CT molecular complexity index is 317. The molecule has 0 radical (unpaired) electrons. The molecular formula is C12H24N4O. The number of hydrogen-bond donors (Lipinski definition) is 1. The molecule has 98 valence electrons. The molecule has 1 rings (SSSR count). The Hall–Kier alpha value is -0.940. The monoisotopic (exact) mass is 240 g/mol. The quantitative estimate of drug-likeness (QED) is 0.735. The van der Waals surface area contributed by atoms with Crippen LogP contribution in [0.5, 0.6) is 0 Å². The molecule has 0 saturated heterocycles. The van der Waals surface area contributed by atoms with Crippen LogP contribution in [0.15, 0.2) is 6.20 Å². The van der Waals surface area contributed by atoms with E-state index in [1.807, 2.05) is 10.9 Å². The summed E-state index contributed by atoms with van der Waals surface area (Å²) in [6, 6.07) is 0. The van der Waals surface area contributed by atoms with Gasteiger partial charge in [0.1, 0.15) is 0 Å². The summed E-state index contributed by atoms with van der Waals surface area (Å²) in [5.41, 5.74) is 0.890. The van der Waals surface area contributed by atoms with Crippen molar-refractivity contribution in [2.45, 2.75) is 52.8 Å². The number of hydrogen-bond acceptors (Lipinski definition) is 4. The summed E-state index contributed by atoms with van der Waals surface area (Å²) in [5.74, 6) is 0. The van der Waals surface area contributed by atoms with Gasteiger partial charge in [0, 0.05) is 12.7 Å². The SMILES string of the molecule is CCCNCc1cn(CCOC(C)(C)C)nn1. The maximum atomic E-state index is 5.64. The van der Waals surface area contributed by atoms with E-state index in [1.165, 1.54) is 0 Å². The van der Waals surface area contributed by atoms with E-state index in [4.69, 9.17) is 4.74 Å². The van der Waals surface area contributed by atoms with Crippen molar-refractivity contribution >= 4 is 0 Å². The largest absolute Gasteiger partial charge is 0.374 e. The van der Waals surface area contributed by atoms with Crippen LogP contribution >= 0.6 is 0 Å². The van der Waals surface area contributed by atoms with Crippen molar-refractivity contribution in [1.82, 2.24) is 20.3 Å². The molecule has 0 aliphatic heterocycles. The third kappa shape index (κ3) is 6.38. The summed E-state index contributed by atoms with van der Waals surface area (Å²) >= 11 is 0. The smallest absolute Gasteiger partial charge is 0.0964 e. The zero-order valence-corrected chi connectivity index (χ0v) is 11.4. The van der Waals surface area contributed by atoms with E-state index < -0.39 is 0 Å². The van der Waals surface area contributed by atoms with E-state index in [1.54, 1.807) is 0 Å². The predicted octanol–water partition coefficient (Wildman–Crippen LogP) is 1.59. The van der Waals surface area contributed by atoms with Crippen molar-refractivity contribution in [3.8, 4) is 0 Å². The first-order chi connectivity index (χ1) is 8.01. The highest BCUT2D eigenvalue weighted by atomic mass is 16.5. The van der Waals surface area contributed by atoms with E-state index in [0.29, 0.717) is 6.61 Å². The highest BCUT2D eigenvalue weighted by molar-refractivity contribution is 4.91. The van der Waals surface area contributed by atoms with Crippen LogP contribution in [0.1, 0.15) is 39.8 Å². The van der Waals surface area contributed by atoms with Gasteiger partial charge in [0.15, 0.2) is 0 Å². The van der Waals surface area contributed by atoms with Gasteiger partial charge in [-0.3, -0.25) is 0 Å². The van der Waals surface area contributed by atoms with Crippen LogP contribution in [-0.2, 0) is 17.8 Å². The Kier molecular flexibility index (Phi) is 5.58. The van der Waals surface area contributed by atoms with E-state index in [0.717, 1.165) is 31.7 Å².